The molecule has 9 heteroatoms. The molecule has 0 radical (unpaired) electrons. The van der Waals surface area contributed by atoms with Gasteiger partial charge in [-0.15, -0.1) is 0 Å². The SMILES string of the molecule is Cc1noc(C)c1S(=O)(=O)NC1Cc2ccc(-c3cc4ccccc4n3C(=O)OC(C)(C)C)cc2C1. The van der Waals surface area contributed by atoms with Crippen LogP contribution in [0.1, 0.15) is 43.4 Å². The van der Waals surface area contributed by atoms with Crippen LogP contribution >= 0.6 is 0 Å². The maximum absolute atomic E-state index is 13.2. The van der Waals surface area contributed by atoms with Gasteiger partial charge in [-0.3, -0.25) is 0 Å². The zero-order valence-electron chi connectivity index (χ0n) is 21.0. The number of carbonyl (C=O) groups excluding carboxylic acids is 1. The van der Waals surface area contributed by atoms with Gasteiger partial charge in [0.25, 0.3) is 0 Å². The molecule has 0 spiro atoms. The number of rotatable bonds is 4. The van der Waals surface area contributed by atoms with Crippen LogP contribution in [0.15, 0.2) is 57.9 Å². The third kappa shape index (κ3) is 4.44. The number of hydrogen-bond donors (Lipinski definition) is 1. The average Bonchev–Trinajstić information content (AvgIpc) is 3.45. The Morgan fingerprint density at radius 1 is 1.08 bits per heavy atom. The van der Waals surface area contributed by atoms with E-state index in [9.17, 15) is 13.2 Å². The van der Waals surface area contributed by atoms with Crippen molar-refractivity contribution in [3.05, 3.63) is 71.1 Å². The molecular weight excluding hydrogens is 478 g/mol. The molecule has 1 unspecified atom stereocenters. The predicted octanol–water partition coefficient (Wildman–Crippen LogP) is 5.14. The standard InChI is InChI=1S/C27H29N3O5S/c1-16-25(17(2)35-28-16)36(32,33)29-22-13-18-10-11-20(12-21(18)14-22)24-15-19-8-6-7-9-23(19)30(24)26(31)34-27(3,4)5/h6-12,15,22,29H,13-14H2,1-5H3. The van der Waals surface area contributed by atoms with Gasteiger partial charge in [-0.05, 0) is 82.3 Å². The number of para-hydroxylation sites is 1. The molecule has 36 heavy (non-hydrogen) atoms. The number of aromatic nitrogens is 2. The quantitative estimate of drug-likeness (QED) is 0.410. The summed E-state index contributed by atoms with van der Waals surface area (Å²) in [6.07, 6.45) is 0.676. The van der Waals surface area contributed by atoms with Crippen LogP contribution in [0.25, 0.3) is 22.2 Å². The van der Waals surface area contributed by atoms with E-state index in [1.54, 1.807) is 18.4 Å². The normalized spacial score (nSPS) is 15.9. The molecule has 8 nitrogen and oxygen atoms in total. The van der Waals surface area contributed by atoms with Crippen molar-refractivity contribution < 1.29 is 22.5 Å². The molecule has 1 N–H and O–H groups in total. The molecule has 0 bridgehead atoms. The van der Waals surface area contributed by atoms with E-state index < -0.39 is 21.7 Å². The number of aryl methyl sites for hydroxylation is 2. The van der Waals surface area contributed by atoms with Gasteiger partial charge in [0.05, 0.1) is 11.2 Å². The van der Waals surface area contributed by atoms with Crippen molar-refractivity contribution in [3.8, 4) is 11.3 Å². The van der Waals surface area contributed by atoms with Crippen LogP contribution in [0, 0.1) is 13.8 Å². The molecule has 5 rings (SSSR count). The van der Waals surface area contributed by atoms with Crippen molar-refractivity contribution in [3.63, 3.8) is 0 Å². The van der Waals surface area contributed by atoms with Crippen LogP contribution in [-0.2, 0) is 27.6 Å². The van der Waals surface area contributed by atoms with E-state index in [1.807, 2.05) is 69.3 Å². The number of nitrogens with zero attached hydrogens (tertiary/aromatic N) is 2. The van der Waals surface area contributed by atoms with Gasteiger partial charge in [0, 0.05) is 11.4 Å². The molecule has 4 aromatic rings. The first-order valence-electron chi connectivity index (χ1n) is 11.8. The summed E-state index contributed by atoms with van der Waals surface area (Å²) in [6.45, 7) is 8.73. The van der Waals surface area contributed by atoms with Crippen molar-refractivity contribution >= 4 is 27.0 Å². The van der Waals surface area contributed by atoms with Gasteiger partial charge in [0.2, 0.25) is 10.0 Å². The van der Waals surface area contributed by atoms with E-state index in [1.165, 1.54) is 0 Å². The highest BCUT2D eigenvalue weighted by Gasteiger charge is 2.31. The van der Waals surface area contributed by atoms with Crippen LogP contribution in [0.3, 0.4) is 0 Å². The highest BCUT2D eigenvalue weighted by atomic mass is 32.2. The van der Waals surface area contributed by atoms with E-state index in [0.29, 0.717) is 18.5 Å². The largest absolute Gasteiger partial charge is 0.443 e. The second-order valence-corrected chi connectivity index (χ2v) is 11.9. The van der Waals surface area contributed by atoms with Gasteiger partial charge in [-0.25, -0.2) is 22.5 Å². The van der Waals surface area contributed by atoms with Crippen molar-refractivity contribution in [2.75, 3.05) is 0 Å². The molecule has 188 valence electrons. The molecule has 2 heterocycles. The molecule has 2 aromatic carbocycles. The summed E-state index contributed by atoms with van der Waals surface area (Å²) in [5.41, 5.74) is 4.19. The summed E-state index contributed by atoms with van der Waals surface area (Å²) < 4.78 is 41.2. The van der Waals surface area contributed by atoms with E-state index in [0.717, 1.165) is 33.3 Å². The lowest BCUT2D eigenvalue weighted by Gasteiger charge is -2.21. The number of carbonyl (C=O) groups is 1. The fraction of sp³-hybridized carbons (Fsp3) is 0.333. The second-order valence-electron chi connectivity index (χ2n) is 10.3. The molecule has 1 aliphatic carbocycles. The van der Waals surface area contributed by atoms with Gasteiger partial charge >= 0.3 is 6.09 Å². The van der Waals surface area contributed by atoms with Gasteiger partial charge < -0.3 is 9.26 Å². The van der Waals surface area contributed by atoms with Crippen molar-refractivity contribution in [1.82, 2.24) is 14.4 Å². The molecule has 0 fully saturated rings. The fourth-order valence-electron chi connectivity index (χ4n) is 4.87. The molecule has 0 saturated heterocycles. The zero-order valence-corrected chi connectivity index (χ0v) is 21.8. The third-order valence-electron chi connectivity index (χ3n) is 6.28. The summed E-state index contributed by atoms with van der Waals surface area (Å²) >= 11 is 0. The van der Waals surface area contributed by atoms with Gasteiger partial charge in [0.1, 0.15) is 16.2 Å². The molecule has 1 aliphatic rings. The zero-order chi connectivity index (χ0) is 25.8. The second kappa shape index (κ2) is 8.60. The first kappa shape index (κ1) is 24.3. The van der Waals surface area contributed by atoms with E-state index in [-0.39, 0.29) is 16.7 Å². The lowest BCUT2D eigenvalue weighted by atomic mass is 10.0. The molecule has 0 amide bonds. The van der Waals surface area contributed by atoms with Crippen molar-refractivity contribution in [2.24, 2.45) is 0 Å². The number of fused-ring (bicyclic) bond motifs is 2. The number of sulfonamides is 1. The van der Waals surface area contributed by atoms with Crippen molar-refractivity contribution in [2.45, 2.75) is 64.0 Å². The smallest absolute Gasteiger partial charge is 0.419 e. The van der Waals surface area contributed by atoms with Crippen LogP contribution in [0.5, 0.6) is 0 Å². The lowest BCUT2D eigenvalue weighted by Crippen LogP contribution is -2.35. The van der Waals surface area contributed by atoms with Crippen LogP contribution < -0.4 is 4.72 Å². The van der Waals surface area contributed by atoms with E-state index >= 15 is 0 Å². The highest BCUT2D eigenvalue weighted by molar-refractivity contribution is 7.89. The number of ether oxygens (including phenoxy) is 1. The molecule has 0 aliphatic heterocycles. The Morgan fingerprint density at radius 3 is 2.50 bits per heavy atom. The summed E-state index contributed by atoms with van der Waals surface area (Å²) in [4.78, 5) is 13.3. The Kier molecular flexibility index (Phi) is 5.80. The van der Waals surface area contributed by atoms with E-state index in [2.05, 4.69) is 9.88 Å². The first-order chi connectivity index (χ1) is 16.9. The van der Waals surface area contributed by atoms with Gasteiger partial charge in [-0.2, -0.15) is 0 Å². The Morgan fingerprint density at radius 2 is 1.81 bits per heavy atom. The van der Waals surface area contributed by atoms with E-state index in [4.69, 9.17) is 9.26 Å². The molecule has 2 aromatic heterocycles. The lowest BCUT2D eigenvalue weighted by molar-refractivity contribution is 0.0547. The highest BCUT2D eigenvalue weighted by Crippen LogP contribution is 2.33. The van der Waals surface area contributed by atoms with Crippen LogP contribution in [0.2, 0.25) is 0 Å². The number of benzene rings is 2. The van der Waals surface area contributed by atoms with Crippen LogP contribution in [-0.4, -0.2) is 35.9 Å². The minimum Gasteiger partial charge on any atom is -0.443 e. The topological polar surface area (TPSA) is 103 Å². The minimum absolute atomic E-state index is 0.0982. The first-order valence-corrected chi connectivity index (χ1v) is 13.3. The molecule has 1 atom stereocenters. The molecule has 0 saturated carbocycles. The van der Waals surface area contributed by atoms with Crippen molar-refractivity contribution in [1.29, 1.82) is 0 Å². The fourth-order valence-corrected chi connectivity index (χ4v) is 6.43. The average molecular weight is 508 g/mol. The number of nitrogens with one attached hydrogen (secondary N) is 1. The Balaban J connectivity index is 1.47. The van der Waals surface area contributed by atoms with Crippen LogP contribution in [0.4, 0.5) is 4.79 Å². The summed E-state index contributed by atoms with van der Waals surface area (Å²) in [5.74, 6) is 0.271. The monoisotopic (exact) mass is 507 g/mol. The number of hydrogen-bond acceptors (Lipinski definition) is 6. The Bertz CT molecular complexity index is 1570. The Labute approximate surface area is 210 Å². The Hall–Kier alpha value is -3.43. The minimum atomic E-state index is -3.77. The maximum atomic E-state index is 13.2. The van der Waals surface area contributed by atoms with Gasteiger partial charge in [0.15, 0.2) is 5.76 Å². The summed E-state index contributed by atoms with van der Waals surface area (Å²) in [6, 6.07) is 15.4. The summed E-state index contributed by atoms with van der Waals surface area (Å²) in [7, 11) is -3.77. The third-order valence-corrected chi connectivity index (χ3v) is 8.04. The van der Waals surface area contributed by atoms with Gasteiger partial charge in [-0.1, -0.05) is 35.5 Å². The predicted molar refractivity (Wildman–Crippen MR) is 137 cm³/mol. The summed E-state index contributed by atoms with van der Waals surface area (Å²) in [5, 5.41) is 4.70. The molecular formula is C27H29N3O5S. The maximum Gasteiger partial charge on any atom is 0.419 e.